The summed E-state index contributed by atoms with van der Waals surface area (Å²) >= 11 is 0. The summed E-state index contributed by atoms with van der Waals surface area (Å²) in [4.78, 5) is 18.9. The van der Waals surface area contributed by atoms with Gasteiger partial charge in [0.25, 0.3) is 5.91 Å². The fraction of sp³-hybridized carbons (Fsp3) is 0.100. The minimum absolute atomic E-state index is 0.0552. The molecule has 1 aliphatic heterocycles. The van der Waals surface area contributed by atoms with Crippen LogP contribution < -0.4 is 0 Å². The molecule has 3 aromatic rings. The van der Waals surface area contributed by atoms with Crippen molar-refractivity contribution in [1.82, 2.24) is 9.88 Å². The fourth-order valence-electron chi connectivity index (χ4n) is 3.76. The molecule has 1 aliphatic carbocycles. The molecule has 3 heteroatoms. The van der Waals surface area contributed by atoms with E-state index in [-0.39, 0.29) is 18.0 Å². The van der Waals surface area contributed by atoms with E-state index < -0.39 is 0 Å². The number of aromatic nitrogens is 1. The third-order valence-corrected chi connectivity index (χ3v) is 4.80. The van der Waals surface area contributed by atoms with Gasteiger partial charge in [-0.3, -0.25) is 9.78 Å². The van der Waals surface area contributed by atoms with Gasteiger partial charge in [-0.1, -0.05) is 48.5 Å². The van der Waals surface area contributed by atoms with Gasteiger partial charge in [-0.25, -0.2) is 0 Å². The third-order valence-electron chi connectivity index (χ3n) is 4.80. The summed E-state index contributed by atoms with van der Waals surface area (Å²) in [6, 6.07) is 20.7. The lowest BCUT2D eigenvalue weighted by molar-refractivity contribution is 0.0864. The van der Waals surface area contributed by atoms with Crippen molar-refractivity contribution in [3.8, 4) is 11.1 Å². The Kier molecular flexibility index (Phi) is 2.48. The summed E-state index contributed by atoms with van der Waals surface area (Å²) in [5, 5.41) is 0. The van der Waals surface area contributed by atoms with Crippen molar-refractivity contribution < 1.29 is 4.79 Å². The van der Waals surface area contributed by atoms with E-state index in [1.807, 2.05) is 17.0 Å². The molecule has 2 heterocycles. The van der Waals surface area contributed by atoms with Crippen LogP contribution in [0.2, 0.25) is 0 Å². The molecule has 1 amide bonds. The molecule has 1 aromatic heterocycles. The van der Waals surface area contributed by atoms with Gasteiger partial charge in [0.2, 0.25) is 0 Å². The number of amides is 1. The van der Waals surface area contributed by atoms with Crippen molar-refractivity contribution in [3.05, 3.63) is 89.7 Å². The summed E-state index contributed by atoms with van der Waals surface area (Å²) in [6.07, 6.45) is 3.33. The lowest BCUT2D eigenvalue weighted by Crippen LogP contribution is -2.12. The zero-order chi connectivity index (χ0) is 15.4. The molecule has 0 saturated carbocycles. The summed E-state index contributed by atoms with van der Waals surface area (Å²) < 4.78 is 0. The minimum Gasteiger partial charge on any atom is -0.320 e. The van der Waals surface area contributed by atoms with Gasteiger partial charge >= 0.3 is 0 Å². The topological polar surface area (TPSA) is 33.0 Å². The van der Waals surface area contributed by atoms with E-state index in [0.717, 1.165) is 0 Å². The van der Waals surface area contributed by atoms with Crippen LogP contribution >= 0.6 is 0 Å². The SMILES string of the molecule is O=C(c1cccnc1)N1C2c3ccccc3-c3ccccc3C21. The van der Waals surface area contributed by atoms with E-state index in [0.29, 0.717) is 5.56 Å². The molecule has 2 unspecified atom stereocenters. The van der Waals surface area contributed by atoms with Gasteiger partial charge < -0.3 is 4.90 Å². The van der Waals surface area contributed by atoms with Crippen LogP contribution in [0, 0.1) is 0 Å². The van der Waals surface area contributed by atoms with Crippen molar-refractivity contribution in [3.63, 3.8) is 0 Å². The number of hydrogen-bond donors (Lipinski definition) is 0. The molecule has 2 atom stereocenters. The lowest BCUT2D eigenvalue weighted by Gasteiger charge is -2.16. The molecule has 110 valence electrons. The predicted octanol–water partition coefficient (Wildman–Crippen LogP) is 4.00. The summed E-state index contributed by atoms with van der Waals surface area (Å²) in [6.45, 7) is 0. The number of carbonyl (C=O) groups excluding carboxylic acids is 1. The Labute approximate surface area is 134 Å². The van der Waals surface area contributed by atoms with Gasteiger partial charge in [-0.15, -0.1) is 0 Å². The van der Waals surface area contributed by atoms with E-state index >= 15 is 0 Å². The molecule has 0 radical (unpaired) electrons. The molecule has 1 fully saturated rings. The van der Waals surface area contributed by atoms with E-state index in [9.17, 15) is 4.79 Å². The summed E-state index contributed by atoms with van der Waals surface area (Å²) in [5.74, 6) is 0.0552. The van der Waals surface area contributed by atoms with E-state index in [1.165, 1.54) is 22.3 Å². The van der Waals surface area contributed by atoms with Crippen molar-refractivity contribution >= 4 is 5.91 Å². The molecule has 1 saturated heterocycles. The third kappa shape index (κ3) is 1.70. The Morgan fingerprint density at radius 2 is 1.43 bits per heavy atom. The predicted molar refractivity (Wildman–Crippen MR) is 87.8 cm³/mol. The van der Waals surface area contributed by atoms with Crippen molar-refractivity contribution in [1.29, 1.82) is 0 Å². The van der Waals surface area contributed by atoms with E-state index in [4.69, 9.17) is 0 Å². The number of carbonyl (C=O) groups is 1. The first kappa shape index (κ1) is 12.6. The maximum absolute atomic E-state index is 12.9. The highest BCUT2D eigenvalue weighted by Gasteiger charge is 2.56. The molecular weight excluding hydrogens is 284 g/mol. The largest absolute Gasteiger partial charge is 0.320 e. The van der Waals surface area contributed by atoms with E-state index in [1.54, 1.807) is 12.4 Å². The van der Waals surface area contributed by atoms with Gasteiger partial charge in [0, 0.05) is 12.4 Å². The maximum Gasteiger partial charge on any atom is 0.256 e. The van der Waals surface area contributed by atoms with Crippen LogP contribution in [0.25, 0.3) is 11.1 Å². The van der Waals surface area contributed by atoms with Gasteiger partial charge in [0.1, 0.15) is 0 Å². The molecule has 0 N–H and O–H groups in total. The van der Waals surface area contributed by atoms with Crippen LogP contribution in [0.15, 0.2) is 73.1 Å². The Bertz CT molecular complexity index is 868. The first-order chi connectivity index (χ1) is 11.4. The Morgan fingerprint density at radius 1 is 0.826 bits per heavy atom. The molecule has 5 rings (SSSR count). The van der Waals surface area contributed by atoms with Crippen LogP contribution in [0.5, 0.6) is 0 Å². The normalized spacial score (nSPS) is 20.3. The average Bonchev–Trinajstić information content (AvgIpc) is 3.38. The zero-order valence-electron chi connectivity index (χ0n) is 12.4. The van der Waals surface area contributed by atoms with Crippen LogP contribution in [-0.4, -0.2) is 15.8 Å². The first-order valence-corrected chi connectivity index (χ1v) is 7.77. The summed E-state index contributed by atoms with van der Waals surface area (Å²) in [5.41, 5.74) is 5.62. The molecular formula is C20H14N2O. The Morgan fingerprint density at radius 3 is 2.00 bits per heavy atom. The van der Waals surface area contributed by atoms with Gasteiger partial charge in [0.15, 0.2) is 0 Å². The molecule has 3 nitrogen and oxygen atoms in total. The summed E-state index contributed by atoms with van der Waals surface area (Å²) in [7, 11) is 0. The van der Waals surface area contributed by atoms with Crippen LogP contribution in [-0.2, 0) is 0 Å². The van der Waals surface area contributed by atoms with Gasteiger partial charge in [-0.05, 0) is 34.4 Å². The second kappa shape index (κ2) is 4.53. The highest BCUT2D eigenvalue weighted by Crippen LogP contribution is 2.62. The molecule has 0 bridgehead atoms. The monoisotopic (exact) mass is 298 g/mol. The average molecular weight is 298 g/mol. The minimum atomic E-state index is 0.0552. The second-order valence-corrected chi connectivity index (χ2v) is 6.02. The van der Waals surface area contributed by atoms with E-state index in [2.05, 4.69) is 53.5 Å². The maximum atomic E-state index is 12.9. The molecule has 2 aliphatic rings. The number of nitrogens with zero attached hydrogens (tertiary/aromatic N) is 2. The highest BCUT2D eigenvalue weighted by molar-refractivity contribution is 5.97. The number of rotatable bonds is 1. The van der Waals surface area contributed by atoms with Crippen LogP contribution in [0.1, 0.15) is 33.6 Å². The second-order valence-electron chi connectivity index (χ2n) is 6.02. The number of pyridine rings is 1. The Hall–Kier alpha value is -2.94. The van der Waals surface area contributed by atoms with Crippen molar-refractivity contribution in [2.24, 2.45) is 0 Å². The molecule has 23 heavy (non-hydrogen) atoms. The molecule has 0 spiro atoms. The quantitative estimate of drug-likeness (QED) is 0.636. The standard InChI is InChI=1S/C20H14N2O/c23-20(13-6-5-11-21-12-13)22-18-16-9-3-1-7-14(16)15-8-2-4-10-17(15)19(18)22/h1-12,18-19H. The van der Waals surface area contributed by atoms with Crippen LogP contribution in [0.3, 0.4) is 0 Å². The zero-order valence-corrected chi connectivity index (χ0v) is 12.4. The van der Waals surface area contributed by atoms with Gasteiger partial charge in [0.05, 0.1) is 17.6 Å². The van der Waals surface area contributed by atoms with Crippen LogP contribution in [0.4, 0.5) is 0 Å². The fourth-order valence-corrected chi connectivity index (χ4v) is 3.76. The number of fused-ring (bicyclic) bond motifs is 6. The first-order valence-electron chi connectivity index (χ1n) is 7.77. The highest BCUT2D eigenvalue weighted by atomic mass is 16.2. The number of hydrogen-bond acceptors (Lipinski definition) is 2. The number of benzene rings is 2. The van der Waals surface area contributed by atoms with Crippen molar-refractivity contribution in [2.75, 3.05) is 0 Å². The van der Waals surface area contributed by atoms with Gasteiger partial charge in [-0.2, -0.15) is 0 Å². The molecule has 2 aromatic carbocycles. The van der Waals surface area contributed by atoms with Crippen molar-refractivity contribution in [2.45, 2.75) is 12.1 Å². The smallest absolute Gasteiger partial charge is 0.256 e. The Balaban J connectivity index is 1.65. The lowest BCUT2D eigenvalue weighted by atomic mass is 9.86.